The summed E-state index contributed by atoms with van der Waals surface area (Å²) < 4.78 is 11.1. The summed E-state index contributed by atoms with van der Waals surface area (Å²) in [4.78, 5) is 28.0. The first-order valence-corrected chi connectivity index (χ1v) is 8.05. The predicted octanol–water partition coefficient (Wildman–Crippen LogP) is 2.26. The van der Waals surface area contributed by atoms with Gasteiger partial charge in [0.2, 0.25) is 5.91 Å². The highest BCUT2D eigenvalue weighted by molar-refractivity contribution is 5.97. The molecule has 0 bridgehead atoms. The second-order valence-electron chi connectivity index (χ2n) is 6.12. The van der Waals surface area contributed by atoms with Crippen LogP contribution in [0.1, 0.15) is 29.0 Å². The molecule has 124 valence electrons. The highest BCUT2D eigenvalue weighted by Gasteiger charge is 2.40. The summed E-state index contributed by atoms with van der Waals surface area (Å²) in [6, 6.07) is 11.4. The van der Waals surface area contributed by atoms with Crippen LogP contribution in [0.15, 0.2) is 47.1 Å². The van der Waals surface area contributed by atoms with Crippen LogP contribution in [0.5, 0.6) is 5.75 Å². The molecule has 1 aliphatic carbocycles. The Morgan fingerprint density at radius 2 is 2.00 bits per heavy atom. The van der Waals surface area contributed by atoms with Crippen molar-refractivity contribution in [3.8, 4) is 5.75 Å². The van der Waals surface area contributed by atoms with Gasteiger partial charge in [-0.1, -0.05) is 18.2 Å². The number of hydrogen-bond acceptors (Lipinski definition) is 4. The van der Waals surface area contributed by atoms with E-state index in [-0.39, 0.29) is 30.7 Å². The molecule has 1 saturated carbocycles. The van der Waals surface area contributed by atoms with Crippen molar-refractivity contribution in [1.82, 2.24) is 9.80 Å². The summed E-state index contributed by atoms with van der Waals surface area (Å²) >= 11 is 0. The molecule has 1 aromatic heterocycles. The van der Waals surface area contributed by atoms with E-state index in [9.17, 15) is 9.59 Å². The lowest BCUT2D eigenvalue weighted by Gasteiger charge is -2.17. The zero-order chi connectivity index (χ0) is 16.5. The number of nitrogens with zero attached hydrogens (tertiary/aromatic N) is 2. The van der Waals surface area contributed by atoms with Crippen LogP contribution in [-0.4, -0.2) is 40.9 Å². The molecule has 2 aromatic rings. The molecule has 6 heteroatoms. The van der Waals surface area contributed by atoms with Crippen molar-refractivity contribution in [2.75, 3.05) is 13.2 Å². The smallest absolute Gasteiger partial charge is 0.291 e. The normalized spacial score (nSPS) is 17.4. The number of furan rings is 1. The average Bonchev–Trinajstić information content (AvgIpc) is 3.21. The van der Waals surface area contributed by atoms with Gasteiger partial charge in [-0.25, -0.2) is 0 Å². The molecule has 1 saturated heterocycles. The standard InChI is InChI=1S/C18H18N2O4/c21-16-10-19(12-20(16)14-6-7-14)18(22)17-13(8-9-23-17)11-24-15-4-2-1-3-5-15/h1-5,8-9,14H,6-7,10-12H2. The third kappa shape index (κ3) is 2.87. The van der Waals surface area contributed by atoms with E-state index in [0.29, 0.717) is 18.3 Å². The van der Waals surface area contributed by atoms with Gasteiger partial charge in [-0.2, -0.15) is 0 Å². The Hall–Kier alpha value is -2.76. The number of amides is 2. The van der Waals surface area contributed by atoms with E-state index in [1.165, 1.54) is 11.2 Å². The summed E-state index contributed by atoms with van der Waals surface area (Å²) in [6.45, 7) is 0.715. The van der Waals surface area contributed by atoms with Crippen LogP contribution in [-0.2, 0) is 11.4 Å². The monoisotopic (exact) mass is 326 g/mol. The van der Waals surface area contributed by atoms with Gasteiger partial charge in [0.25, 0.3) is 5.91 Å². The molecule has 6 nitrogen and oxygen atoms in total. The maximum absolute atomic E-state index is 12.7. The Morgan fingerprint density at radius 1 is 1.21 bits per heavy atom. The third-order valence-corrected chi connectivity index (χ3v) is 4.32. The molecule has 0 unspecified atom stereocenters. The van der Waals surface area contributed by atoms with Crippen LogP contribution < -0.4 is 4.74 Å². The van der Waals surface area contributed by atoms with Crippen molar-refractivity contribution in [3.63, 3.8) is 0 Å². The number of ether oxygens (including phenoxy) is 1. The number of para-hydroxylation sites is 1. The minimum atomic E-state index is -0.261. The highest BCUT2D eigenvalue weighted by atomic mass is 16.5. The Balaban J connectivity index is 1.44. The van der Waals surface area contributed by atoms with Gasteiger partial charge in [0, 0.05) is 11.6 Å². The van der Waals surface area contributed by atoms with Crippen molar-refractivity contribution in [2.24, 2.45) is 0 Å². The van der Waals surface area contributed by atoms with E-state index >= 15 is 0 Å². The minimum Gasteiger partial charge on any atom is -0.489 e. The summed E-state index contributed by atoms with van der Waals surface area (Å²) in [5.41, 5.74) is 0.682. The first-order valence-electron chi connectivity index (χ1n) is 8.05. The van der Waals surface area contributed by atoms with Crippen LogP contribution in [0, 0.1) is 0 Å². The molecule has 4 rings (SSSR count). The molecule has 0 N–H and O–H groups in total. The van der Waals surface area contributed by atoms with E-state index < -0.39 is 0 Å². The van der Waals surface area contributed by atoms with Gasteiger partial charge in [0.05, 0.1) is 12.9 Å². The van der Waals surface area contributed by atoms with Gasteiger partial charge < -0.3 is 19.0 Å². The molecule has 2 aliphatic rings. The van der Waals surface area contributed by atoms with Gasteiger partial charge in [-0.15, -0.1) is 0 Å². The fourth-order valence-electron chi connectivity index (χ4n) is 2.87. The molecule has 0 spiro atoms. The summed E-state index contributed by atoms with van der Waals surface area (Å²) in [7, 11) is 0. The summed E-state index contributed by atoms with van der Waals surface area (Å²) in [5.74, 6) is 0.729. The Morgan fingerprint density at radius 3 is 2.75 bits per heavy atom. The Kier molecular flexibility index (Phi) is 3.72. The van der Waals surface area contributed by atoms with Gasteiger partial charge in [0.15, 0.2) is 5.76 Å². The Labute approximate surface area is 139 Å². The molecule has 0 atom stereocenters. The van der Waals surface area contributed by atoms with Crippen LogP contribution in [0.25, 0.3) is 0 Å². The zero-order valence-corrected chi connectivity index (χ0v) is 13.2. The molecular weight excluding hydrogens is 308 g/mol. The summed E-state index contributed by atoms with van der Waals surface area (Å²) in [5, 5.41) is 0. The lowest BCUT2D eigenvalue weighted by Crippen LogP contribution is -2.32. The number of rotatable bonds is 5. The lowest BCUT2D eigenvalue weighted by atomic mass is 10.2. The van der Waals surface area contributed by atoms with Gasteiger partial charge >= 0.3 is 0 Å². The maximum atomic E-state index is 12.7. The van der Waals surface area contributed by atoms with Crippen molar-refractivity contribution in [3.05, 3.63) is 54.0 Å². The number of hydrogen-bond donors (Lipinski definition) is 0. The van der Waals surface area contributed by atoms with Crippen molar-refractivity contribution in [2.45, 2.75) is 25.5 Å². The third-order valence-electron chi connectivity index (χ3n) is 4.32. The van der Waals surface area contributed by atoms with Crippen LogP contribution in [0.2, 0.25) is 0 Å². The Bertz CT molecular complexity index is 751. The molecule has 1 aliphatic heterocycles. The van der Waals surface area contributed by atoms with E-state index in [1.54, 1.807) is 11.0 Å². The largest absolute Gasteiger partial charge is 0.489 e. The first kappa shape index (κ1) is 14.8. The quantitative estimate of drug-likeness (QED) is 0.845. The predicted molar refractivity (Wildman–Crippen MR) is 85.3 cm³/mol. The van der Waals surface area contributed by atoms with Crippen molar-refractivity contribution >= 4 is 11.8 Å². The van der Waals surface area contributed by atoms with E-state index in [2.05, 4.69) is 0 Å². The van der Waals surface area contributed by atoms with Crippen LogP contribution >= 0.6 is 0 Å². The molecule has 24 heavy (non-hydrogen) atoms. The maximum Gasteiger partial charge on any atom is 0.291 e. The molecule has 2 heterocycles. The number of carbonyl (C=O) groups is 2. The average molecular weight is 326 g/mol. The van der Waals surface area contributed by atoms with E-state index in [4.69, 9.17) is 9.15 Å². The first-order chi connectivity index (χ1) is 11.7. The fourth-order valence-corrected chi connectivity index (χ4v) is 2.87. The topological polar surface area (TPSA) is 63.0 Å². The van der Waals surface area contributed by atoms with E-state index in [0.717, 1.165) is 18.6 Å². The molecule has 2 fully saturated rings. The van der Waals surface area contributed by atoms with Crippen molar-refractivity contribution in [1.29, 1.82) is 0 Å². The second-order valence-corrected chi connectivity index (χ2v) is 6.12. The second kappa shape index (κ2) is 6.03. The van der Waals surface area contributed by atoms with Crippen molar-refractivity contribution < 1.29 is 18.7 Å². The van der Waals surface area contributed by atoms with E-state index in [1.807, 2.05) is 30.3 Å². The highest BCUT2D eigenvalue weighted by Crippen LogP contribution is 2.30. The lowest BCUT2D eigenvalue weighted by molar-refractivity contribution is -0.127. The SMILES string of the molecule is O=C(c1occc1COc1ccccc1)N1CC(=O)N(C2CC2)C1. The number of carbonyl (C=O) groups excluding carboxylic acids is 2. The fraction of sp³-hybridized carbons (Fsp3) is 0.333. The summed E-state index contributed by atoms with van der Waals surface area (Å²) in [6.07, 6.45) is 3.54. The van der Waals surface area contributed by atoms with Gasteiger partial charge in [-0.05, 0) is 31.0 Å². The van der Waals surface area contributed by atoms with Gasteiger partial charge in [0.1, 0.15) is 18.9 Å². The zero-order valence-electron chi connectivity index (χ0n) is 13.2. The molecular formula is C18H18N2O4. The molecule has 0 radical (unpaired) electrons. The molecule has 1 aromatic carbocycles. The van der Waals surface area contributed by atoms with Gasteiger partial charge in [-0.3, -0.25) is 9.59 Å². The minimum absolute atomic E-state index is 0.0134. The number of benzene rings is 1. The van der Waals surface area contributed by atoms with Crippen LogP contribution in [0.4, 0.5) is 0 Å². The molecule has 2 amide bonds. The van der Waals surface area contributed by atoms with Crippen LogP contribution in [0.3, 0.4) is 0 Å².